The number of halogens is 2. The van der Waals surface area contributed by atoms with Crippen LogP contribution in [0, 0.1) is 5.92 Å². The maximum atomic E-state index is 12.2. The van der Waals surface area contributed by atoms with Crippen LogP contribution in [0.3, 0.4) is 0 Å². The summed E-state index contributed by atoms with van der Waals surface area (Å²) in [5, 5.41) is 2.96. The lowest BCUT2D eigenvalue weighted by Gasteiger charge is -2.15. The van der Waals surface area contributed by atoms with E-state index in [1.165, 1.54) is 0 Å². The van der Waals surface area contributed by atoms with Gasteiger partial charge in [0.05, 0.1) is 12.3 Å². The highest BCUT2D eigenvalue weighted by atomic mass is 35.5. The summed E-state index contributed by atoms with van der Waals surface area (Å²) in [7, 11) is 0. The molecule has 0 aliphatic heterocycles. The lowest BCUT2D eigenvalue weighted by atomic mass is 10.0. The third kappa shape index (κ3) is 8.91. The predicted octanol–water partition coefficient (Wildman–Crippen LogP) is 5.08. The molecule has 0 spiro atoms. The van der Waals surface area contributed by atoms with E-state index in [-0.39, 0.29) is 43.2 Å². The van der Waals surface area contributed by atoms with Crippen molar-refractivity contribution in [1.29, 1.82) is 0 Å². The molecule has 7 heteroatoms. The Morgan fingerprint density at radius 2 is 1.96 bits per heavy atom. The van der Waals surface area contributed by atoms with Gasteiger partial charge in [-0.25, -0.2) is 0 Å². The van der Waals surface area contributed by atoms with E-state index in [0.29, 0.717) is 18.2 Å². The molecule has 0 aliphatic rings. The normalized spacial score (nSPS) is 11.2. The van der Waals surface area contributed by atoms with Crippen LogP contribution in [0.5, 0.6) is 5.75 Å². The fourth-order valence-electron chi connectivity index (χ4n) is 2.67. The summed E-state index contributed by atoms with van der Waals surface area (Å²) < 4.78 is 5.86. The highest BCUT2D eigenvalue weighted by Gasteiger charge is 2.12. The van der Waals surface area contributed by atoms with Crippen molar-refractivity contribution in [3.63, 3.8) is 0 Å². The number of amides is 1. The highest BCUT2D eigenvalue weighted by Crippen LogP contribution is 2.31. The Kier molecular flexibility index (Phi) is 12.5. The monoisotopic (exact) mass is 427 g/mol. The number of nitrogens with two attached hydrogens (primary N) is 1. The number of aromatic nitrogens is 1. The molecule has 0 saturated carbocycles. The standard InChI is InChI=1S/C21H29N3O2.2ClH/c1-15(2)6-5-11-26-18-8-9-19(17-7-4-10-23-14-17)20(13-18)24-21(25)12-16(3)22;;/h4,7-10,13-16H,5-6,11-12,22H2,1-3H3,(H,24,25);2*1H. The molecule has 0 fully saturated rings. The van der Waals surface area contributed by atoms with Gasteiger partial charge in [-0.05, 0) is 43.9 Å². The van der Waals surface area contributed by atoms with Crippen LogP contribution >= 0.6 is 24.8 Å². The molecule has 3 N–H and O–H groups in total. The van der Waals surface area contributed by atoms with Gasteiger partial charge < -0.3 is 15.8 Å². The molecule has 1 aromatic carbocycles. The molecule has 0 bridgehead atoms. The quantitative estimate of drug-likeness (QED) is 0.546. The second-order valence-corrected chi connectivity index (χ2v) is 7.06. The second-order valence-electron chi connectivity index (χ2n) is 7.06. The minimum atomic E-state index is -0.188. The molecule has 5 nitrogen and oxygen atoms in total. The van der Waals surface area contributed by atoms with Crippen molar-refractivity contribution in [2.45, 2.75) is 46.1 Å². The van der Waals surface area contributed by atoms with Gasteiger partial charge in [0.1, 0.15) is 5.75 Å². The highest BCUT2D eigenvalue weighted by molar-refractivity contribution is 5.96. The first kappa shape index (κ1) is 26.2. The maximum Gasteiger partial charge on any atom is 0.225 e. The van der Waals surface area contributed by atoms with E-state index < -0.39 is 0 Å². The van der Waals surface area contributed by atoms with Gasteiger partial charge in [-0.3, -0.25) is 9.78 Å². The van der Waals surface area contributed by atoms with Crippen molar-refractivity contribution in [1.82, 2.24) is 4.98 Å². The van der Waals surface area contributed by atoms with E-state index in [2.05, 4.69) is 24.1 Å². The zero-order valence-corrected chi connectivity index (χ0v) is 18.3. The number of benzene rings is 1. The van der Waals surface area contributed by atoms with Gasteiger partial charge in [0.25, 0.3) is 0 Å². The maximum absolute atomic E-state index is 12.2. The van der Waals surface area contributed by atoms with Gasteiger partial charge in [-0.2, -0.15) is 0 Å². The van der Waals surface area contributed by atoms with Crippen molar-refractivity contribution < 1.29 is 9.53 Å². The van der Waals surface area contributed by atoms with Crippen LogP contribution in [0.1, 0.15) is 40.0 Å². The summed E-state index contributed by atoms with van der Waals surface area (Å²) in [6.07, 6.45) is 5.91. The first-order valence-corrected chi connectivity index (χ1v) is 9.18. The summed E-state index contributed by atoms with van der Waals surface area (Å²) >= 11 is 0. The Labute approximate surface area is 180 Å². The van der Waals surface area contributed by atoms with Crippen molar-refractivity contribution in [2.75, 3.05) is 11.9 Å². The number of pyridine rings is 1. The van der Waals surface area contributed by atoms with Crippen LogP contribution in [0.4, 0.5) is 5.69 Å². The van der Waals surface area contributed by atoms with Crippen molar-refractivity contribution in [3.8, 4) is 16.9 Å². The molecule has 0 saturated heterocycles. The molecule has 156 valence electrons. The zero-order chi connectivity index (χ0) is 18.9. The van der Waals surface area contributed by atoms with Gasteiger partial charge >= 0.3 is 0 Å². The van der Waals surface area contributed by atoms with Crippen LogP contribution in [0.25, 0.3) is 11.1 Å². The summed E-state index contributed by atoms with van der Waals surface area (Å²) in [5.41, 5.74) is 8.30. The smallest absolute Gasteiger partial charge is 0.225 e. The summed E-state index contributed by atoms with van der Waals surface area (Å²) in [5.74, 6) is 1.30. The van der Waals surface area contributed by atoms with E-state index in [9.17, 15) is 4.79 Å². The molecule has 1 atom stereocenters. The molecule has 0 radical (unpaired) electrons. The van der Waals surface area contributed by atoms with Gasteiger partial charge in [0.15, 0.2) is 0 Å². The minimum Gasteiger partial charge on any atom is -0.494 e. The van der Waals surface area contributed by atoms with E-state index in [0.717, 1.165) is 29.7 Å². The Balaban J connectivity index is 0.00000364. The van der Waals surface area contributed by atoms with Crippen LogP contribution in [-0.2, 0) is 4.79 Å². The summed E-state index contributed by atoms with van der Waals surface area (Å²) in [6, 6.07) is 9.41. The lowest BCUT2D eigenvalue weighted by molar-refractivity contribution is -0.116. The van der Waals surface area contributed by atoms with Crippen LogP contribution in [0.15, 0.2) is 42.7 Å². The first-order valence-electron chi connectivity index (χ1n) is 9.18. The Morgan fingerprint density at radius 3 is 2.57 bits per heavy atom. The number of anilines is 1. The van der Waals surface area contributed by atoms with Crippen molar-refractivity contribution in [2.24, 2.45) is 11.7 Å². The molecule has 1 unspecified atom stereocenters. The zero-order valence-electron chi connectivity index (χ0n) is 16.7. The van der Waals surface area contributed by atoms with Gasteiger partial charge in [-0.15, -0.1) is 24.8 Å². The van der Waals surface area contributed by atoms with Gasteiger partial charge in [-0.1, -0.05) is 19.9 Å². The number of hydrogen-bond acceptors (Lipinski definition) is 4. The topological polar surface area (TPSA) is 77.2 Å². The fraction of sp³-hybridized carbons (Fsp3) is 0.429. The van der Waals surface area contributed by atoms with E-state index in [1.807, 2.05) is 37.3 Å². The number of nitrogens with one attached hydrogen (secondary N) is 1. The molecular formula is C21H31Cl2N3O2. The number of carbonyl (C=O) groups is 1. The third-order valence-corrected chi connectivity index (χ3v) is 3.94. The fourth-order valence-corrected chi connectivity index (χ4v) is 2.67. The average molecular weight is 428 g/mol. The minimum absolute atomic E-state index is 0. The average Bonchev–Trinajstić information content (AvgIpc) is 2.59. The number of carbonyl (C=O) groups excluding carboxylic acids is 1. The summed E-state index contributed by atoms with van der Waals surface area (Å²) in [6.45, 7) is 6.89. The predicted molar refractivity (Wildman–Crippen MR) is 121 cm³/mol. The lowest BCUT2D eigenvalue weighted by Crippen LogP contribution is -2.24. The Bertz CT molecular complexity index is 710. The Morgan fingerprint density at radius 1 is 1.21 bits per heavy atom. The molecule has 2 aromatic rings. The Hall–Kier alpha value is -1.82. The van der Waals surface area contributed by atoms with Crippen LogP contribution in [0.2, 0.25) is 0 Å². The molecule has 0 aliphatic carbocycles. The molecule has 1 heterocycles. The van der Waals surface area contributed by atoms with E-state index in [4.69, 9.17) is 10.5 Å². The van der Waals surface area contributed by atoms with Crippen molar-refractivity contribution in [3.05, 3.63) is 42.7 Å². The van der Waals surface area contributed by atoms with Crippen LogP contribution in [-0.4, -0.2) is 23.5 Å². The van der Waals surface area contributed by atoms with Crippen LogP contribution < -0.4 is 15.8 Å². The molecule has 1 amide bonds. The molecule has 2 rings (SSSR count). The molecule has 1 aromatic heterocycles. The number of ether oxygens (including phenoxy) is 1. The number of nitrogens with zero attached hydrogens (tertiary/aromatic N) is 1. The van der Waals surface area contributed by atoms with Crippen molar-refractivity contribution >= 4 is 36.4 Å². The van der Waals surface area contributed by atoms with E-state index in [1.54, 1.807) is 12.4 Å². The summed E-state index contributed by atoms with van der Waals surface area (Å²) in [4.78, 5) is 16.4. The van der Waals surface area contributed by atoms with E-state index >= 15 is 0 Å². The molecule has 28 heavy (non-hydrogen) atoms. The third-order valence-electron chi connectivity index (χ3n) is 3.94. The molecular weight excluding hydrogens is 397 g/mol. The SMILES string of the molecule is CC(C)CCCOc1ccc(-c2cccnc2)c(NC(=O)CC(C)N)c1.Cl.Cl. The first-order chi connectivity index (χ1) is 12.5. The largest absolute Gasteiger partial charge is 0.494 e. The number of hydrogen-bond donors (Lipinski definition) is 2. The van der Waals surface area contributed by atoms with Gasteiger partial charge in [0, 0.05) is 42.0 Å². The number of rotatable bonds is 9. The second kappa shape index (κ2) is 13.4. The van der Waals surface area contributed by atoms with Gasteiger partial charge in [0.2, 0.25) is 5.91 Å².